The maximum atomic E-state index is 5.89. The van der Waals surface area contributed by atoms with Gasteiger partial charge in [0, 0.05) is 26.2 Å². The summed E-state index contributed by atoms with van der Waals surface area (Å²) < 4.78 is 11.8. The third kappa shape index (κ3) is 2.23. The van der Waals surface area contributed by atoms with Crippen molar-refractivity contribution < 1.29 is 9.47 Å². The van der Waals surface area contributed by atoms with Crippen LogP contribution in [0.3, 0.4) is 0 Å². The van der Waals surface area contributed by atoms with Crippen molar-refractivity contribution in [3.8, 4) is 0 Å². The Balaban J connectivity index is 1.37. The Kier molecular flexibility index (Phi) is 2.97. The van der Waals surface area contributed by atoms with Crippen LogP contribution in [0.15, 0.2) is 6.33 Å². The fourth-order valence-corrected chi connectivity index (χ4v) is 4.14. The van der Waals surface area contributed by atoms with E-state index in [0.717, 1.165) is 63.8 Å². The van der Waals surface area contributed by atoms with E-state index in [1.165, 1.54) is 0 Å². The molecule has 7 heteroatoms. The Morgan fingerprint density at radius 2 is 1.14 bits per heavy atom. The number of morpholine rings is 2. The van der Waals surface area contributed by atoms with Crippen LogP contribution in [-0.4, -0.2) is 65.5 Å². The van der Waals surface area contributed by atoms with Gasteiger partial charge >= 0.3 is 0 Å². The first kappa shape index (κ1) is 13.0. The minimum absolute atomic E-state index is 0.346. The van der Waals surface area contributed by atoms with Crippen LogP contribution in [0.25, 0.3) is 0 Å². The number of hydrogen-bond donors (Lipinski definition) is 0. The highest BCUT2D eigenvalue weighted by atomic mass is 16.5. The molecule has 7 nitrogen and oxygen atoms in total. The van der Waals surface area contributed by atoms with Gasteiger partial charge in [0.15, 0.2) is 0 Å². The van der Waals surface area contributed by atoms with Gasteiger partial charge in [-0.3, -0.25) is 0 Å². The molecule has 0 N–H and O–H groups in total. The van der Waals surface area contributed by atoms with Gasteiger partial charge in [0.05, 0.1) is 24.4 Å². The molecule has 0 aromatic carbocycles. The first-order valence-electron chi connectivity index (χ1n) is 8.33. The number of anilines is 2. The van der Waals surface area contributed by atoms with Crippen LogP contribution < -0.4 is 9.80 Å². The molecule has 1 aromatic heterocycles. The Morgan fingerprint density at radius 3 is 1.55 bits per heavy atom. The molecular weight excluding hydrogens is 282 g/mol. The fraction of sp³-hybridized carbons (Fsp3) is 0.800. The standard InChI is InChI=1S/C15H21N5O2/c1-2-11-6-19(5-10(1)21-11)14-16-9-17-15(18-14)20-7-12-3-4-13(8-20)22-12/h9-13H,1-8H2. The minimum atomic E-state index is 0.346. The summed E-state index contributed by atoms with van der Waals surface area (Å²) in [6.45, 7) is 3.59. The lowest BCUT2D eigenvalue weighted by Gasteiger charge is -2.34. The molecule has 22 heavy (non-hydrogen) atoms. The van der Waals surface area contributed by atoms with E-state index in [1.54, 1.807) is 6.33 Å². The Bertz CT molecular complexity index is 501. The molecule has 0 spiro atoms. The molecule has 5 heterocycles. The molecule has 4 atom stereocenters. The fourth-order valence-electron chi connectivity index (χ4n) is 4.14. The van der Waals surface area contributed by atoms with Gasteiger partial charge in [-0.05, 0) is 25.7 Å². The first-order chi connectivity index (χ1) is 10.8. The molecule has 4 aliphatic heterocycles. The van der Waals surface area contributed by atoms with Crippen molar-refractivity contribution in [3.05, 3.63) is 6.33 Å². The summed E-state index contributed by atoms with van der Waals surface area (Å²) in [5, 5.41) is 0. The Morgan fingerprint density at radius 1 is 0.727 bits per heavy atom. The normalized spacial score (nSPS) is 36.9. The zero-order valence-corrected chi connectivity index (χ0v) is 12.6. The summed E-state index contributed by atoms with van der Waals surface area (Å²) in [5.74, 6) is 1.59. The van der Waals surface area contributed by atoms with Crippen LogP contribution >= 0.6 is 0 Å². The predicted molar refractivity (Wildman–Crippen MR) is 80.0 cm³/mol. The minimum Gasteiger partial charge on any atom is -0.371 e. The molecular formula is C15H21N5O2. The zero-order chi connectivity index (χ0) is 14.5. The molecule has 0 saturated carbocycles. The molecule has 4 fully saturated rings. The van der Waals surface area contributed by atoms with E-state index in [1.807, 2.05) is 0 Å². The van der Waals surface area contributed by atoms with E-state index in [2.05, 4.69) is 19.8 Å². The van der Waals surface area contributed by atoms with E-state index in [0.29, 0.717) is 24.4 Å². The summed E-state index contributed by atoms with van der Waals surface area (Å²) in [6, 6.07) is 0. The molecule has 0 aliphatic carbocycles. The number of ether oxygens (including phenoxy) is 2. The van der Waals surface area contributed by atoms with E-state index in [4.69, 9.17) is 14.5 Å². The Labute approximate surface area is 129 Å². The van der Waals surface area contributed by atoms with Gasteiger partial charge in [-0.2, -0.15) is 4.98 Å². The van der Waals surface area contributed by atoms with E-state index < -0.39 is 0 Å². The maximum Gasteiger partial charge on any atom is 0.230 e. The van der Waals surface area contributed by atoms with Crippen LogP contribution in [-0.2, 0) is 9.47 Å². The molecule has 4 bridgehead atoms. The Hall–Kier alpha value is -1.47. The lowest BCUT2D eigenvalue weighted by atomic mass is 10.2. The summed E-state index contributed by atoms with van der Waals surface area (Å²) >= 11 is 0. The monoisotopic (exact) mass is 303 g/mol. The van der Waals surface area contributed by atoms with Gasteiger partial charge in [0.1, 0.15) is 6.33 Å². The molecule has 4 saturated heterocycles. The summed E-state index contributed by atoms with van der Waals surface area (Å²) in [4.78, 5) is 18.0. The van der Waals surface area contributed by atoms with Gasteiger partial charge in [0.2, 0.25) is 11.9 Å². The van der Waals surface area contributed by atoms with Crippen LogP contribution in [0.4, 0.5) is 11.9 Å². The van der Waals surface area contributed by atoms with Gasteiger partial charge in [-0.1, -0.05) is 0 Å². The molecule has 4 unspecified atom stereocenters. The lowest BCUT2D eigenvalue weighted by molar-refractivity contribution is 0.0293. The third-order valence-electron chi connectivity index (χ3n) is 5.20. The highest BCUT2D eigenvalue weighted by Crippen LogP contribution is 2.30. The van der Waals surface area contributed by atoms with Gasteiger partial charge < -0.3 is 19.3 Å². The van der Waals surface area contributed by atoms with Crippen LogP contribution in [0.1, 0.15) is 25.7 Å². The van der Waals surface area contributed by atoms with Crippen LogP contribution in [0.5, 0.6) is 0 Å². The SMILES string of the molecule is c1nc(N2CC3CCC(C2)O3)nc(N2CC3CCC(C2)O3)n1. The molecule has 5 rings (SSSR count). The zero-order valence-electron chi connectivity index (χ0n) is 12.6. The van der Waals surface area contributed by atoms with Gasteiger partial charge in [0.25, 0.3) is 0 Å². The maximum absolute atomic E-state index is 5.89. The van der Waals surface area contributed by atoms with Crippen molar-refractivity contribution in [2.45, 2.75) is 50.1 Å². The second-order valence-corrected chi connectivity index (χ2v) is 6.81. The van der Waals surface area contributed by atoms with Crippen LogP contribution in [0.2, 0.25) is 0 Å². The van der Waals surface area contributed by atoms with Crippen molar-refractivity contribution in [1.29, 1.82) is 0 Å². The molecule has 118 valence electrons. The van der Waals surface area contributed by atoms with E-state index in [-0.39, 0.29) is 0 Å². The number of hydrogen-bond acceptors (Lipinski definition) is 7. The lowest BCUT2D eigenvalue weighted by Crippen LogP contribution is -2.45. The smallest absolute Gasteiger partial charge is 0.230 e. The summed E-state index contributed by atoms with van der Waals surface area (Å²) in [5.41, 5.74) is 0. The van der Waals surface area contributed by atoms with Gasteiger partial charge in [-0.25, -0.2) is 9.97 Å². The third-order valence-corrected chi connectivity index (χ3v) is 5.20. The van der Waals surface area contributed by atoms with E-state index in [9.17, 15) is 0 Å². The van der Waals surface area contributed by atoms with E-state index >= 15 is 0 Å². The quantitative estimate of drug-likeness (QED) is 0.793. The van der Waals surface area contributed by atoms with Crippen molar-refractivity contribution in [1.82, 2.24) is 15.0 Å². The number of rotatable bonds is 2. The summed E-state index contributed by atoms with van der Waals surface area (Å²) in [6.07, 6.45) is 7.66. The highest BCUT2D eigenvalue weighted by molar-refractivity contribution is 5.39. The first-order valence-corrected chi connectivity index (χ1v) is 8.33. The topological polar surface area (TPSA) is 63.6 Å². The second kappa shape index (κ2) is 5.03. The van der Waals surface area contributed by atoms with Crippen molar-refractivity contribution in [3.63, 3.8) is 0 Å². The number of aromatic nitrogens is 3. The largest absolute Gasteiger partial charge is 0.371 e. The highest BCUT2D eigenvalue weighted by Gasteiger charge is 2.36. The van der Waals surface area contributed by atoms with Crippen LogP contribution in [0, 0.1) is 0 Å². The summed E-state index contributed by atoms with van der Waals surface area (Å²) in [7, 11) is 0. The predicted octanol–water partition coefficient (Wildman–Crippen LogP) is 0.607. The molecule has 4 aliphatic rings. The average Bonchev–Trinajstić information content (AvgIpc) is 3.08. The van der Waals surface area contributed by atoms with Gasteiger partial charge in [-0.15, -0.1) is 0 Å². The second-order valence-electron chi connectivity index (χ2n) is 6.81. The van der Waals surface area contributed by atoms with Crippen molar-refractivity contribution in [2.75, 3.05) is 36.0 Å². The van der Waals surface area contributed by atoms with Crippen molar-refractivity contribution >= 4 is 11.9 Å². The number of nitrogens with zero attached hydrogens (tertiary/aromatic N) is 5. The molecule has 1 aromatic rings. The number of fused-ring (bicyclic) bond motifs is 4. The van der Waals surface area contributed by atoms with Crippen molar-refractivity contribution in [2.24, 2.45) is 0 Å². The molecule has 0 amide bonds. The average molecular weight is 303 g/mol. The molecule has 0 radical (unpaired) electrons.